The van der Waals surface area contributed by atoms with Crippen LogP contribution in [0.2, 0.25) is 0 Å². The molecule has 3 amide bonds. The maximum Gasteiger partial charge on any atom is 0.233 e. The third-order valence-electron chi connectivity index (χ3n) is 6.44. The molecular weight excluding hydrogens is 335 g/mol. The van der Waals surface area contributed by atoms with Crippen molar-refractivity contribution in [2.45, 2.75) is 12.8 Å². The molecule has 26 heavy (non-hydrogen) atoms. The average molecular weight is 354 g/mol. The average Bonchev–Trinajstić information content (AvgIpc) is 3.41. The lowest BCUT2D eigenvalue weighted by Gasteiger charge is -2.37. The van der Waals surface area contributed by atoms with E-state index in [1.54, 1.807) is 0 Å². The summed E-state index contributed by atoms with van der Waals surface area (Å²) in [4.78, 5) is 39.0. The van der Waals surface area contributed by atoms with Crippen molar-refractivity contribution in [3.63, 3.8) is 0 Å². The van der Waals surface area contributed by atoms with Gasteiger partial charge in [-0.05, 0) is 54.4 Å². The first-order chi connectivity index (χ1) is 12.5. The minimum absolute atomic E-state index is 0.0456. The molecule has 6 atom stereocenters. The summed E-state index contributed by atoms with van der Waals surface area (Å²) < 4.78 is 12.9. The molecule has 5 nitrogen and oxygen atoms in total. The van der Waals surface area contributed by atoms with Crippen molar-refractivity contribution in [3.05, 3.63) is 42.2 Å². The van der Waals surface area contributed by atoms with Gasteiger partial charge in [-0.1, -0.05) is 12.2 Å². The van der Waals surface area contributed by atoms with Crippen LogP contribution in [0.5, 0.6) is 0 Å². The zero-order valence-corrected chi connectivity index (χ0v) is 14.1. The maximum atomic E-state index is 12.9. The molecule has 5 aliphatic rings. The van der Waals surface area contributed by atoms with Crippen LogP contribution in [0.1, 0.15) is 12.8 Å². The first-order valence-corrected chi connectivity index (χ1v) is 9.13. The van der Waals surface area contributed by atoms with Gasteiger partial charge in [0, 0.05) is 18.7 Å². The molecule has 1 aromatic rings. The van der Waals surface area contributed by atoms with Gasteiger partial charge in [0.25, 0.3) is 0 Å². The van der Waals surface area contributed by atoms with E-state index in [1.807, 2.05) is 0 Å². The molecule has 2 bridgehead atoms. The van der Waals surface area contributed by atoms with Crippen LogP contribution in [-0.2, 0) is 14.4 Å². The van der Waals surface area contributed by atoms with Crippen LogP contribution < -0.4 is 5.32 Å². The minimum atomic E-state index is -0.375. The quantitative estimate of drug-likeness (QED) is 0.666. The predicted molar refractivity (Wildman–Crippen MR) is 91.1 cm³/mol. The van der Waals surface area contributed by atoms with E-state index in [0.717, 1.165) is 6.42 Å². The van der Waals surface area contributed by atoms with Crippen LogP contribution in [-0.4, -0.2) is 29.2 Å². The molecule has 6 heteroatoms. The van der Waals surface area contributed by atoms with Crippen LogP contribution >= 0.6 is 0 Å². The molecule has 6 rings (SSSR count). The van der Waals surface area contributed by atoms with Gasteiger partial charge < -0.3 is 5.32 Å². The third kappa shape index (κ3) is 2.24. The molecule has 0 radical (unpaired) electrons. The molecule has 1 aliphatic heterocycles. The summed E-state index contributed by atoms with van der Waals surface area (Å²) in [5.41, 5.74) is 0.492. The van der Waals surface area contributed by atoms with Crippen LogP contribution in [0.3, 0.4) is 0 Å². The van der Waals surface area contributed by atoms with Crippen LogP contribution in [0.25, 0.3) is 0 Å². The number of allylic oxidation sites excluding steroid dienone is 2. The largest absolute Gasteiger partial charge is 0.326 e. The summed E-state index contributed by atoms with van der Waals surface area (Å²) in [6.45, 7) is 0.104. The van der Waals surface area contributed by atoms with Crippen LogP contribution in [0.15, 0.2) is 36.4 Å². The number of rotatable bonds is 4. The van der Waals surface area contributed by atoms with Crippen molar-refractivity contribution in [3.8, 4) is 0 Å². The molecule has 3 fully saturated rings. The highest BCUT2D eigenvalue weighted by molar-refractivity contribution is 6.06. The number of anilines is 1. The number of benzene rings is 1. The third-order valence-corrected chi connectivity index (χ3v) is 6.44. The Kier molecular flexibility index (Phi) is 3.33. The number of carbonyl (C=O) groups is 3. The van der Waals surface area contributed by atoms with Crippen LogP contribution in [0, 0.1) is 41.3 Å². The first kappa shape index (κ1) is 15.7. The fraction of sp³-hybridized carbons (Fsp3) is 0.450. The summed E-state index contributed by atoms with van der Waals surface area (Å²) in [6, 6.07) is 5.48. The molecule has 2 saturated carbocycles. The van der Waals surface area contributed by atoms with Gasteiger partial charge in [0.1, 0.15) is 5.82 Å². The Morgan fingerprint density at radius 1 is 1.04 bits per heavy atom. The number of nitrogens with zero attached hydrogens (tertiary/aromatic N) is 1. The Bertz CT molecular complexity index is 798. The van der Waals surface area contributed by atoms with E-state index in [1.165, 1.54) is 29.2 Å². The zero-order chi connectivity index (χ0) is 18.0. The molecule has 1 saturated heterocycles. The Labute approximate surface area is 150 Å². The first-order valence-electron chi connectivity index (χ1n) is 9.13. The highest BCUT2D eigenvalue weighted by Crippen LogP contribution is 2.65. The summed E-state index contributed by atoms with van der Waals surface area (Å²) in [5, 5.41) is 2.66. The normalized spacial score (nSPS) is 36.1. The van der Waals surface area contributed by atoms with E-state index in [4.69, 9.17) is 0 Å². The molecule has 1 heterocycles. The van der Waals surface area contributed by atoms with Crippen LogP contribution in [0.4, 0.5) is 10.1 Å². The number of halogens is 1. The molecule has 0 aromatic heterocycles. The lowest BCUT2D eigenvalue weighted by molar-refractivity contribution is -0.140. The van der Waals surface area contributed by atoms with Gasteiger partial charge in [-0.3, -0.25) is 19.3 Å². The molecule has 4 aliphatic carbocycles. The van der Waals surface area contributed by atoms with Gasteiger partial charge in [0.2, 0.25) is 17.7 Å². The van der Waals surface area contributed by atoms with E-state index in [2.05, 4.69) is 17.5 Å². The van der Waals surface area contributed by atoms with Gasteiger partial charge in [0.05, 0.1) is 11.8 Å². The standard InChI is InChI=1S/C20H19FN2O3/c21-10-1-3-11(4-2-10)22-16(24)7-8-23-19(25)17-12-5-6-13(15-9-14(12)15)18(17)20(23)26/h1-6,12-15,17-18H,7-9H2,(H,22,24)/t12-,13-,14-,15+,17+,18+/m0/s1. The summed E-state index contributed by atoms with van der Waals surface area (Å²) in [5.74, 6) is 0.209. The predicted octanol–water partition coefficient (Wildman–Crippen LogP) is 2.21. The Morgan fingerprint density at radius 2 is 1.62 bits per heavy atom. The second kappa shape index (κ2) is 5.50. The number of hydrogen-bond donors (Lipinski definition) is 1. The lowest BCUT2D eigenvalue weighted by atomic mass is 9.63. The Morgan fingerprint density at radius 3 is 2.19 bits per heavy atom. The molecular formula is C20H19FN2O3. The Hall–Kier alpha value is -2.50. The number of nitrogens with one attached hydrogen (secondary N) is 1. The van der Waals surface area contributed by atoms with Gasteiger partial charge in [0.15, 0.2) is 0 Å². The van der Waals surface area contributed by atoms with Crippen molar-refractivity contribution in [2.24, 2.45) is 35.5 Å². The molecule has 1 aromatic carbocycles. The number of amides is 3. The van der Waals surface area contributed by atoms with Gasteiger partial charge in [-0.2, -0.15) is 0 Å². The SMILES string of the molecule is O=C(CCN1C(=O)[C@@H]2[C@H]3C=C[C@@H]([C@@H]4C[C@H]34)[C@H]2C1=O)Nc1ccc(F)cc1. The molecule has 0 unspecified atom stereocenters. The van der Waals surface area contributed by atoms with Crippen molar-refractivity contribution in [2.75, 3.05) is 11.9 Å². The minimum Gasteiger partial charge on any atom is -0.326 e. The topological polar surface area (TPSA) is 66.5 Å². The van der Waals surface area contributed by atoms with E-state index < -0.39 is 0 Å². The lowest BCUT2D eigenvalue weighted by Crippen LogP contribution is -2.40. The van der Waals surface area contributed by atoms with Gasteiger partial charge in [-0.25, -0.2) is 4.39 Å². The highest BCUT2D eigenvalue weighted by atomic mass is 19.1. The molecule has 134 valence electrons. The van der Waals surface area contributed by atoms with E-state index >= 15 is 0 Å². The fourth-order valence-electron chi connectivity index (χ4n) is 5.21. The van der Waals surface area contributed by atoms with E-state index in [-0.39, 0.29) is 60.2 Å². The number of carbonyl (C=O) groups excluding carboxylic acids is 3. The monoisotopic (exact) mass is 354 g/mol. The smallest absolute Gasteiger partial charge is 0.233 e. The second-order valence-electron chi connectivity index (χ2n) is 7.79. The number of hydrogen-bond acceptors (Lipinski definition) is 3. The van der Waals surface area contributed by atoms with Crippen molar-refractivity contribution < 1.29 is 18.8 Å². The second-order valence-corrected chi connectivity index (χ2v) is 7.79. The Balaban J connectivity index is 1.24. The molecule has 1 N–H and O–H groups in total. The van der Waals surface area contributed by atoms with Crippen molar-refractivity contribution >= 4 is 23.4 Å². The summed E-state index contributed by atoms with van der Waals surface area (Å²) >= 11 is 0. The van der Waals surface area contributed by atoms with E-state index in [0.29, 0.717) is 17.5 Å². The molecule has 0 spiro atoms. The number of likely N-dealkylation sites (tertiary alicyclic amines) is 1. The summed E-state index contributed by atoms with van der Waals surface area (Å²) in [6.07, 6.45) is 5.45. The van der Waals surface area contributed by atoms with Crippen molar-refractivity contribution in [1.29, 1.82) is 0 Å². The van der Waals surface area contributed by atoms with Crippen molar-refractivity contribution in [1.82, 2.24) is 4.90 Å². The van der Waals surface area contributed by atoms with E-state index in [9.17, 15) is 18.8 Å². The fourth-order valence-corrected chi connectivity index (χ4v) is 5.21. The zero-order valence-electron chi connectivity index (χ0n) is 14.1. The van der Waals surface area contributed by atoms with Gasteiger partial charge >= 0.3 is 0 Å². The highest BCUT2D eigenvalue weighted by Gasteiger charge is 2.66. The van der Waals surface area contributed by atoms with Gasteiger partial charge in [-0.15, -0.1) is 0 Å². The summed E-state index contributed by atoms with van der Waals surface area (Å²) in [7, 11) is 0. The number of imide groups is 1. The maximum absolute atomic E-state index is 12.9.